The number of phenols is 1. The number of benzene rings is 1. The van der Waals surface area contributed by atoms with Crippen molar-refractivity contribution in [2.75, 3.05) is 6.61 Å². The van der Waals surface area contributed by atoms with Gasteiger partial charge in [-0.2, -0.15) is 0 Å². The molecule has 1 saturated heterocycles. The van der Waals surface area contributed by atoms with Crippen molar-refractivity contribution in [2.45, 2.75) is 50.7 Å². The van der Waals surface area contributed by atoms with Crippen LogP contribution in [0.15, 0.2) is 24.3 Å². The van der Waals surface area contributed by atoms with Gasteiger partial charge in [0.15, 0.2) is 0 Å². The van der Waals surface area contributed by atoms with E-state index in [0.717, 1.165) is 18.4 Å². The topological polar surface area (TPSA) is 49.7 Å². The van der Waals surface area contributed by atoms with E-state index in [4.69, 9.17) is 4.74 Å². The molecule has 0 saturated carbocycles. The molecular formula is C15H22O3. The first-order valence-electron chi connectivity index (χ1n) is 6.73. The maximum absolute atomic E-state index is 10.7. The lowest BCUT2D eigenvalue weighted by atomic mass is 9.83. The monoisotopic (exact) mass is 250 g/mol. The number of ether oxygens (including phenoxy) is 1. The summed E-state index contributed by atoms with van der Waals surface area (Å²) >= 11 is 0. The molecule has 0 aromatic heterocycles. The van der Waals surface area contributed by atoms with Crippen LogP contribution in [-0.4, -0.2) is 28.5 Å². The van der Waals surface area contributed by atoms with Gasteiger partial charge in [-0.3, -0.25) is 0 Å². The minimum atomic E-state index is -0.689. The highest BCUT2D eigenvalue weighted by molar-refractivity contribution is 5.28. The normalized spacial score (nSPS) is 28.2. The summed E-state index contributed by atoms with van der Waals surface area (Å²) in [4.78, 5) is 0. The average Bonchev–Trinajstić information content (AvgIpc) is 2.28. The van der Waals surface area contributed by atoms with Crippen molar-refractivity contribution in [1.29, 1.82) is 0 Å². The van der Waals surface area contributed by atoms with Gasteiger partial charge in [-0.25, -0.2) is 0 Å². The summed E-state index contributed by atoms with van der Waals surface area (Å²) in [6.07, 6.45) is 4.20. The molecule has 0 amide bonds. The highest BCUT2D eigenvalue weighted by Gasteiger charge is 2.34. The summed E-state index contributed by atoms with van der Waals surface area (Å²) in [5.41, 5.74) is 0.293. The van der Waals surface area contributed by atoms with Crippen LogP contribution in [0, 0.1) is 0 Å². The van der Waals surface area contributed by atoms with E-state index in [1.54, 1.807) is 12.1 Å². The molecule has 0 aliphatic carbocycles. The third kappa shape index (κ3) is 3.47. The van der Waals surface area contributed by atoms with Crippen LogP contribution in [0.25, 0.3) is 0 Å². The van der Waals surface area contributed by atoms with Crippen LogP contribution in [0.5, 0.6) is 5.75 Å². The molecule has 1 aromatic rings. The van der Waals surface area contributed by atoms with E-state index < -0.39 is 5.60 Å². The lowest BCUT2D eigenvalue weighted by molar-refractivity contribution is -0.104. The van der Waals surface area contributed by atoms with E-state index in [1.165, 1.54) is 0 Å². The summed E-state index contributed by atoms with van der Waals surface area (Å²) in [6.45, 7) is 2.76. The third-order valence-corrected chi connectivity index (χ3v) is 3.58. The van der Waals surface area contributed by atoms with Gasteiger partial charge in [-0.1, -0.05) is 25.5 Å². The van der Waals surface area contributed by atoms with Crippen molar-refractivity contribution in [3.8, 4) is 5.75 Å². The van der Waals surface area contributed by atoms with Crippen molar-refractivity contribution in [1.82, 2.24) is 0 Å². The van der Waals surface area contributed by atoms with E-state index in [9.17, 15) is 10.2 Å². The first kappa shape index (κ1) is 13.4. The quantitative estimate of drug-likeness (QED) is 0.863. The van der Waals surface area contributed by atoms with E-state index in [1.807, 2.05) is 12.1 Å². The molecule has 2 N–H and O–H groups in total. The molecule has 0 spiro atoms. The van der Waals surface area contributed by atoms with Crippen LogP contribution in [0.2, 0.25) is 0 Å². The van der Waals surface area contributed by atoms with Gasteiger partial charge in [-0.15, -0.1) is 0 Å². The smallest absolute Gasteiger partial charge is 0.115 e. The minimum Gasteiger partial charge on any atom is -0.508 e. The maximum Gasteiger partial charge on any atom is 0.115 e. The van der Waals surface area contributed by atoms with Gasteiger partial charge in [0.1, 0.15) is 5.75 Å². The number of hydrogen-bond donors (Lipinski definition) is 2. The van der Waals surface area contributed by atoms with Gasteiger partial charge >= 0.3 is 0 Å². The van der Waals surface area contributed by atoms with Crippen LogP contribution in [0.3, 0.4) is 0 Å². The van der Waals surface area contributed by atoms with Crippen molar-refractivity contribution in [3.05, 3.63) is 29.8 Å². The molecule has 0 radical (unpaired) electrons. The van der Waals surface area contributed by atoms with Crippen molar-refractivity contribution in [2.24, 2.45) is 0 Å². The molecule has 3 heteroatoms. The Labute approximate surface area is 108 Å². The Morgan fingerprint density at radius 2 is 2.28 bits per heavy atom. The van der Waals surface area contributed by atoms with Crippen molar-refractivity contribution in [3.63, 3.8) is 0 Å². The van der Waals surface area contributed by atoms with Gasteiger partial charge < -0.3 is 14.9 Å². The fraction of sp³-hybridized carbons (Fsp3) is 0.600. The molecule has 100 valence electrons. The lowest BCUT2D eigenvalue weighted by Crippen LogP contribution is -2.42. The largest absolute Gasteiger partial charge is 0.508 e. The predicted molar refractivity (Wildman–Crippen MR) is 70.6 cm³/mol. The number of aliphatic hydroxyl groups is 1. The number of hydrogen-bond acceptors (Lipinski definition) is 3. The molecule has 2 unspecified atom stereocenters. The fourth-order valence-electron chi connectivity index (χ4n) is 2.71. The Hall–Kier alpha value is -1.06. The molecule has 0 bridgehead atoms. The van der Waals surface area contributed by atoms with E-state index >= 15 is 0 Å². The molecule has 1 fully saturated rings. The number of aromatic hydroxyl groups is 1. The molecule has 18 heavy (non-hydrogen) atoms. The van der Waals surface area contributed by atoms with Gasteiger partial charge in [0.05, 0.1) is 11.7 Å². The van der Waals surface area contributed by atoms with Gasteiger partial charge in [0.25, 0.3) is 0 Å². The average molecular weight is 250 g/mol. The standard InChI is InChI=1S/C15H22O3/c1-2-4-14-11-15(17,7-8-18-14)10-12-5-3-6-13(16)9-12/h3,5-6,9,14,16-17H,2,4,7-8,10-11H2,1H3. The molecule has 2 atom stereocenters. The van der Waals surface area contributed by atoms with Gasteiger partial charge in [0.2, 0.25) is 0 Å². The highest BCUT2D eigenvalue weighted by Crippen LogP contribution is 2.30. The van der Waals surface area contributed by atoms with E-state index in [0.29, 0.717) is 25.9 Å². The first-order chi connectivity index (χ1) is 8.61. The summed E-state index contributed by atoms with van der Waals surface area (Å²) in [7, 11) is 0. The van der Waals surface area contributed by atoms with E-state index in [2.05, 4.69) is 6.92 Å². The van der Waals surface area contributed by atoms with Gasteiger partial charge in [-0.05, 0) is 30.5 Å². The molecule has 1 heterocycles. The second-order valence-electron chi connectivity index (χ2n) is 5.31. The molecule has 1 aliphatic heterocycles. The minimum absolute atomic E-state index is 0.172. The Bertz CT molecular complexity index is 389. The van der Waals surface area contributed by atoms with Crippen LogP contribution < -0.4 is 0 Å². The number of rotatable bonds is 4. The molecule has 1 aliphatic rings. The molecule has 3 nitrogen and oxygen atoms in total. The summed E-state index contributed by atoms with van der Waals surface area (Å²) in [6, 6.07) is 7.14. The Morgan fingerprint density at radius 1 is 1.44 bits per heavy atom. The Morgan fingerprint density at radius 3 is 3.00 bits per heavy atom. The van der Waals surface area contributed by atoms with Crippen molar-refractivity contribution >= 4 is 0 Å². The highest BCUT2D eigenvalue weighted by atomic mass is 16.5. The summed E-state index contributed by atoms with van der Waals surface area (Å²) in [5, 5.41) is 20.1. The molecular weight excluding hydrogens is 228 g/mol. The van der Waals surface area contributed by atoms with Crippen LogP contribution in [-0.2, 0) is 11.2 Å². The summed E-state index contributed by atoms with van der Waals surface area (Å²) in [5.74, 6) is 0.258. The van der Waals surface area contributed by atoms with Gasteiger partial charge in [0, 0.05) is 19.4 Å². The lowest BCUT2D eigenvalue weighted by Gasteiger charge is -2.37. The van der Waals surface area contributed by atoms with Crippen LogP contribution >= 0.6 is 0 Å². The predicted octanol–water partition coefficient (Wildman–Crippen LogP) is 2.64. The third-order valence-electron chi connectivity index (χ3n) is 3.58. The number of phenolic OH excluding ortho intramolecular Hbond substituents is 1. The molecule has 2 rings (SSSR count). The van der Waals surface area contributed by atoms with Crippen LogP contribution in [0.1, 0.15) is 38.2 Å². The zero-order chi connectivity index (χ0) is 13.0. The van der Waals surface area contributed by atoms with Crippen LogP contribution in [0.4, 0.5) is 0 Å². The Balaban J connectivity index is 2.02. The van der Waals surface area contributed by atoms with Crippen molar-refractivity contribution < 1.29 is 14.9 Å². The fourth-order valence-corrected chi connectivity index (χ4v) is 2.71. The molecule has 1 aromatic carbocycles. The summed E-state index contributed by atoms with van der Waals surface area (Å²) < 4.78 is 5.67. The maximum atomic E-state index is 10.7. The Kier molecular flexibility index (Phi) is 4.25. The van der Waals surface area contributed by atoms with E-state index in [-0.39, 0.29) is 11.9 Å². The first-order valence-corrected chi connectivity index (χ1v) is 6.73. The zero-order valence-corrected chi connectivity index (χ0v) is 10.9. The second kappa shape index (κ2) is 5.72. The zero-order valence-electron chi connectivity index (χ0n) is 10.9. The SMILES string of the molecule is CCCC1CC(O)(Cc2cccc(O)c2)CCO1. The second-order valence-corrected chi connectivity index (χ2v) is 5.31.